The molecule has 0 saturated carbocycles. The van der Waals surface area contributed by atoms with Crippen LogP contribution in [0.25, 0.3) is 0 Å². The molecule has 0 heterocycles. The highest BCUT2D eigenvalue weighted by molar-refractivity contribution is 14.0. The number of aryl methyl sites for hydroxylation is 1. The third kappa shape index (κ3) is 8.22. The number of primary amides is 1. The second kappa shape index (κ2) is 11.8. The number of benzene rings is 2. The maximum absolute atomic E-state index is 11.6. The van der Waals surface area contributed by atoms with E-state index in [4.69, 9.17) is 15.5 Å². The van der Waals surface area contributed by atoms with E-state index in [9.17, 15) is 4.79 Å². The topological polar surface area (TPSA) is 88.7 Å². The van der Waals surface area contributed by atoms with Crippen molar-refractivity contribution in [2.45, 2.75) is 47.3 Å². The lowest BCUT2D eigenvalue weighted by atomic mass is 9.93. The smallest absolute Gasteiger partial charge is 0.224 e. The van der Waals surface area contributed by atoms with E-state index in [-0.39, 0.29) is 36.0 Å². The van der Waals surface area contributed by atoms with Gasteiger partial charge in [0.05, 0.1) is 18.1 Å². The Labute approximate surface area is 196 Å². The molecule has 2 aromatic carbocycles. The van der Waals surface area contributed by atoms with E-state index in [1.54, 1.807) is 13.8 Å². The fourth-order valence-electron chi connectivity index (χ4n) is 2.51. The average Bonchev–Trinajstić information content (AvgIpc) is 2.66. The molecule has 0 aliphatic rings. The molecule has 0 fully saturated rings. The number of hydrogen-bond donors (Lipinski definition) is 3. The second-order valence-corrected chi connectivity index (χ2v) is 8.01. The van der Waals surface area contributed by atoms with Crippen molar-refractivity contribution in [2.24, 2.45) is 16.1 Å². The van der Waals surface area contributed by atoms with E-state index >= 15 is 0 Å². The Kier molecular flexibility index (Phi) is 10.1. The summed E-state index contributed by atoms with van der Waals surface area (Å²) in [6.07, 6.45) is 0.123. The summed E-state index contributed by atoms with van der Waals surface area (Å²) in [7, 11) is 0. The van der Waals surface area contributed by atoms with E-state index in [0.29, 0.717) is 19.0 Å². The van der Waals surface area contributed by atoms with Gasteiger partial charge in [-0.15, -0.1) is 24.0 Å². The van der Waals surface area contributed by atoms with Crippen LogP contribution < -0.4 is 21.1 Å². The molecule has 6 nitrogen and oxygen atoms in total. The number of aliphatic imine (C=N–C) groups is 1. The lowest BCUT2D eigenvalue weighted by Gasteiger charge is -2.23. The molecule has 164 valence electrons. The number of carbonyl (C=O) groups excluding carboxylic acids is 1. The number of ether oxygens (including phenoxy) is 1. The van der Waals surface area contributed by atoms with Gasteiger partial charge in [0.25, 0.3) is 0 Å². The Balaban J connectivity index is 0.00000450. The van der Waals surface area contributed by atoms with Crippen molar-refractivity contribution in [1.82, 2.24) is 5.32 Å². The number of nitrogens with one attached hydrogen (secondary N) is 2. The molecule has 0 spiro atoms. The summed E-state index contributed by atoms with van der Waals surface area (Å²) >= 11 is 0. The molecule has 0 bridgehead atoms. The van der Waals surface area contributed by atoms with Crippen molar-refractivity contribution in [3.63, 3.8) is 0 Å². The van der Waals surface area contributed by atoms with Crippen LogP contribution in [0.5, 0.6) is 5.75 Å². The molecular formula is C23H33IN4O2. The summed E-state index contributed by atoms with van der Waals surface area (Å²) in [5, 5.41) is 6.53. The zero-order valence-corrected chi connectivity index (χ0v) is 20.7. The molecule has 0 aromatic heterocycles. The first kappa shape index (κ1) is 25.7. The number of amides is 1. The largest absolute Gasteiger partial charge is 0.491 e. The number of carbonyl (C=O) groups is 1. The van der Waals surface area contributed by atoms with Crippen LogP contribution in [0.1, 0.15) is 38.8 Å². The van der Waals surface area contributed by atoms with Gasteiger partial charge < -0.3 is 21.1 Å². The van der Waals surface area contributed by atoms with Crippen LogP contribution >= 0.6 is 24.0 Å². The molecule has 30 heavy (non-hydrogen) atoms. The molecule has 2 aromatic rings. The zero-order chi connectivity index (χ0) is 21.4. The van der Waals surface area contributed by atoms with Crippen molar-refractivity contribution in [3.05, 3.63) is 59.7 Å². The average molecular weight is 524 g/mol. The highest BCUT2D eigenvalue weighted by atomic mass is 127. The number of halogens is 1. The maximum Gasteiger partial charge on any atom is 0.224 e. The predicted molar refractivity (Wildman–Crippen MR) is 135 cm³/mol. The minimum atomic E-state index is -0.694. The Bertz CT molecular complexity index is 849. The van der Waals surface area contributed by atoms with Crippen LogP contribution in [0.15, 0.2) is 53.5 Å². The van der Waals surface area contributed by atoms with E-state index < -0.39 is 5.41 Å². The van der Waals surface area contributed by atoms with Gasteiger partial charge in [-0.25, -0.2) is 4.99 Å². The highest BCUT2D eigenvalue weighted by Gasteiger charge is 2.25. The lowest BCUT2D eigenvalue weighted by Crippen LogP contribution is -2.44. The first-order chi connectivity index (χ1) is 13.7. The molecule has 1 amide bonds. The standard InChI is InChI=1S/C23H32N4O2.HI/c1-16(2)29-20-12-10-19(11-13-20)27-22(26-15-23(4,5)21(24)28)25-14-18-9-7-6-8-17(18)3;/h6-13,16H,14-15H2,1-5H3,(H2,24,28)(H2,25,26,27);1H. The van der Waals surface area contributed by atoms with Crippen molar-refractivity contribution >= 4 is 41.5 Å². The number of nitrogens with zero attached hydrogens (tertiary/aromatic N) is 1. The summed E-state index contributed by atoms with van der Waals surface area (Å²) < 4.78 is 5.69. The monoisotopic (exact) mass is 524 g/mol. The molecule has 0 atom stereocenters. The number of rotatable bonds is 8. The molecule has 7 heteroatoms. The van der Waals surface area contributed by atoms with Gasteiger partial charge in [-0.05, 0) is 70.0 Å². The third-order valence-corrected chi connectivity index (χ3v) is 4.52. The van der Waals surface area contributed by atoms with Crippen LogP contribution in [0.3, 0.4) is 0 Å². The van der Waals surface area contributed by atoms with E-state index in [1.807, 2.05) is 50.2 Å². The Morgan fingerprint density at radius 2 is 1.77 bits per heavy atom. The van der Waals surface area contributed by atoms with Crippen LogP contribution in [0.2, 0.25) is 0 Å². The van der Waals surface area contributed by atoms with Crippen molar-refractivity contribution in [3.8, 4) is 5.75 Å². The zero-order valence-electron chi connectivity index (χ0n) is 18.4. The summed E-state index contributed by atoms with van der Waals surface area (Å²) in [4.78, 5) is 16.3. The number of guanidine groups is 1. The third-order valence-electron chi connectivity index (χ3n) is 4.52. The lowest BCUT2D eigenvalue weighted by molar-refractivity contribution is -0.125. The molecule has 0 aliphatic heterocycles. The first-order valence-electron chi connectivity index (χ1n) is 9.84. The summed E-state index contributed by atoms with van der Waals surface area (Å²) in [5.41, 5.74) is 8.00. The number of anilines is 1. The van der Waals surface area contributed by atoms with Crippen molar-refractivity contribution in [1.29, 1.82) is 0 Å². The van der Waals surface area contributed by atoms with Crippen molar-refractivity contribution in [2.75, 3.05) is 11.9 Å². The minimum Gasteiger partial charge on any atom is -0.491 e. The molecule has 0 aliphatic carbocycles. The first-order valence-corrected chi connectivity index (χ1v) is 9.84. The molecule has 2 rings (SSSR count). The van der Waals surface area contributed by atoms with Gasteiger partial charge >= 0.3 is 0 Å². The molecule has 0 saturated heterocycles. The maximum atomic E-state index is 11.6. The van der Waals surface area contributed by atoms with Crippen LogP contribution in [-0.2, 0) is 11.3 Å². The summed E-state index contributed by atoms with van der Waals surface area (Å²) in [6.45, 7) is 10.6. The molecular weight excluding hydrogens is 491 g/mol. The summed E-state index contributed by atoms with van der Waals surface area (Å²) in [5.74, 6) is 1.03. The van der Waals surface area contributed by atoms with E-state index in [2.05, 4.69) is 29.7 Å². The van der Waals surface area contributed by atoms with Crippen LogP contribution in [0, 0.1) is 12.3 Å². The van der Waals surface area contributed by atoms with Gasteiger partial charge in [0.2, 0.25) is 5.91 Å². The van der Waals surface area contributed by atoms with Gasteiger partial charge in [0, 0.05) is 12.2 Å². The summed E-state index contributed by atoms with van der Waals surface area (Å²) in [6, 6.07) is 15.8. The highest BCUT2D eigenvalue weighted by Crippen LogP contribution is 2.18. The number of hydrogen-bond acceptors (Lipinski definition) is 3. The molecule has 4 N–H and O–H groups in total. The quantitative estimate of drug-likeness (QED) is 0.270. The van der Waals surface area contributed by atoms with Gasteiger partial charge in [0.1, 0.15) is 5.75 Å². The van der Waals surface area contributed by atoms with E-state index in [0.717, 1.165) is 17.0 Å². The fourth-order valence-corrected chi connectivity index (χ4v) is 2.51. The van der Waals surface area contributed by atoms with Gasteiger partial charge in [-0.1, -0.05) is 24.3 Å². The van der Waals surface area contributed by atoms with Gasteiger partial charge in [-0.2, -0.15) is 0 Å². The fraction of sp³-hybridized carbons (Fsp3) is 0.391. The van der Waals surface area contributed by atoms with Crippen LogP contribution in [0.4, 0.5) is 5.69 Å². The van der Waals surface area contributed by atoms with Crippen molar-refractivity contribution < 1.29 is 9.53 Å². The SMILES string of the molecule is Cc1ccccc1CN=C(NCC(C)(C)C(N)=O)Nc1ccc(OC(C)C)cc1.I. The Hall–Kier alpha value is -2.29. The molecule has 0 radical (unpaired) electrons. The van der Waals surface area contributed by atoms with E-state index in [1.165, 1.54) is 5.56 Å². The predicted octanol–water partition coefficient (Wildman–Crippen LogP) is 4.47. The minimum absolute atomic E-state index is 0. The van der Waals surface area contributed by atoms with Gasteiger partial charge in [0.15, 0.2) is 5.96 Å². The van der Waals surface area contributed by atoms with Crippen LogP contribution in [-0.4, -0.2) is 24.5 Å². The number of nitrogens with two attached hydrogens (primary N) is 1. The Morgan fingerprint density at radius 1 is 1.13 bits per heavy atom. The second-order valence-electron chi connectivity index (χ2n) is 8.01. The van der Waals surface area contributed by atoms with Gasteiger partial charge in [-0.3, -0.25) is 4.79 Å². The normalized spacial score (nSPS) is 11.6. The Morgan fingerprint density at radius 3 is 2.33 bits per heavy atom. The molecule has 0 unspecified atom stereocenters.